The van der Waals surface area contributed by atoms with Gasteiger partial charge in [-0.3, -0.25) is 4.98 Å². The summed E-state index contributed by atoms with van der Waals surface area (Å²) in [5.41, 5.74) is 4.28. The average Bonchev–Trinajstić information content (AvgIpc) is 2.87. The van der Waals surface area contributed by atoms with Gasteiger partial charge in [-0.15, -0.1) is 0 Å². The third-order valence-corrected chi connectivity index (χ3v) is 6.60. The van der Waals surface area contributed by atoms with E-state index < -0.39 is 0 Å². The first kappa shape index (κ1) is 25.3. The number of halogens is 1. The number of methoxy groups -OCH3 is 2. The van der Waals surface area contributed by atoms with Gasteiger partial charge in [-0.1, -0.05) is 28.1 Å². The van der Waals surface area contributed by atoms with Crippen LogP contribution in [0.2, 0.25) is 0 Å². The molecule has 7 nitrogen and oxygen atoms in total. The Bertz CT molecular complexity index is 1420. The van der Waals surface area contributed by atoms with E-state index in [0.29, 0.717) is 28.7 Å². The number of hydrogen-bond donors (Lipinski definition) is 2. The summed E-state index contributed by atoms with van der Waals surface area (Å²) in [6.07, 6.45) is 1.69. The standard InChI is InChI=1S/C28H28BrN3O4/c1-16-17(2)24(36-25-11-12-30-23-15-27(35-5)26(34-4)14-21(23)25)10-9-22(16)32-28(33)31-18(3)19-7-6-8-20(29)13-19/h6-15,18H,1-5H3,(H2,31,32,33)/t18-/m1/s1. The van der Waals surface area contributed by atoms with Crippen molar-refractivity contribution in [3.63, 3.8) is 0 Å². The molecule has 1 aromatic heterocycles. The number of amides is 2. The second-order valence-corrected chi connectivity index (χ2v) is 9.29. The van der Waals surface area contributed by atoms with E-state index in [2.05, 4.69) is 31.5 Å². The number of fused-ring (bicyclic) bond motifs is 1. The van der Waals surface area contributed by atoms with Gasteiger partial charge in [0.1, 0.15) is 11.5 Å². The van der Waals surface area contributed by atoms with Gasteiger partial charge in [0.25, 0.3) is 0 Å². The van der Waals surface area contributed by atoms with Gasteiger partial charge in [0.2, 0.25) is 0 Å². The summed E-state index contributed by atoms with van der Waals surface area (Å²) < 4.78 is 18.1. The summed E-state index contributed by atoms with van der Waals surface area (Å²) in [5, 5.41) is 6.74. The van der Waals surface area contributed by atoms with Crippen LogP contribution in [0.1, 0.15) is 29.7 Å². The van der Waals surface area contributed by atoms with Gasteiger partial charge >= 0.3 is 6.03 Å². The first-order chi connectivity index (χ1) is 17.3. The molecule has 2 amide bonds. The molecule has 0 aliphatic rings. The van der Waals surface area contributed by atoms with E-state index in [1.54, 1.807) is 20.4 Å². The zero-order valence-electron chi connectivity index (χ0n) is 20.8. The van der Waals surface area contributed by atoms with Crippen molar-refractivity contribution >= 4 is 38.6 Å². The summed E-state index contributed by atoms with van der Waals surface area (Å²) in [6.45, 7) is 5.86. The van der Waals surface area contributed by atoms with Crippen LogP contribution in [0.25, 0.3) is 10.9 Å². The largest absolute Gasteiger partial charge is 0.493 e. The molecule has 36 heavy (non-hydrogen) atoms. The number of carbonyl (C=O) groups is 1. The van der Waals surface area contributed by atoms with E-state index in [1.165, 1.54) is 0 Å². The summed E-state index contributed by atoms with van der Waals surface area (Å²) in [4.78, 5) is 17.1. The van der Waals surface area contributed by atoms with Gasteiger partial charge in [-0.05, 0) is 73.9 Å². The Morgan fingerprint density at radius 3 is 2.39 bits per heavy atom. The van der Waals surface area contributed by atoms with Crippen LogP contribution in [0.5, 0.6) is 23.0 Å². The lowest BCUT2D eigenvalue weighted by molar-refractivity contribution is 0.249. The van der Waals surface area contributed by atoms with Crippen LogP contribution in [0.4, 0.5) is 10.5 Å². The number of benzene rings is 3. The summed E-state index contributed by atoms with van der Waals surface area (Å²) in [7, 11) is 3.18. The Morgan fingerprint density at radius 2 is 1.67 bits per heavy atom. The van der Waals surface area contributed by atoms with Gasteiger partial charge in [0.05, 0.1) is 25.8 Å². The van der Waals surface area contributed by atoms with Crippen molar-refractivity contribution in [2.45, 2.75) is 26.8 Å². The lowest BCUT2D eigenvalue weighted by Crippen LogP contribution is -2.31. The fraction of sp³-hybridized carbons (Fsp3) is 0.214. The van der Waals surface area contributed by atoms with Crippen molar-refractivity contribution in [2.75, 3.05) is 19.5 Å². The first-order valence-corrected chi connectivity index (χ1v) is 12.2. The normalized spacial score (nSPS) is 11.6. The lowest BCUT2D eigenvalue weighted by Gasteiger charge is -2.18. The molecule has 0 radical (unpaired) electrons. The molecule has 2 N–H and O–H groups in total. The predicted molar refractivity (Wildman–Crippen MR) is 146 cm³/mol. The van der Waals surface area contributed by atoms with Crippen LogP contribution in [-0.4, -0.2) is 25.2 Å². The van der Waals surface area contributed by atoms with E-state index in [9.17, 15) is 4.79 Å². The maximum absolute atomic E-state index is 12.7. The predicted octanol–water partition coefficient (Wildman–Crippen LogP) is 7.31. The Kier molecular flexibility index (Phi) is 7.64. The smallest absolute Gasteiger partial charge is 0.319 e. The van der Waals surface area contributed by atoms with E-state index >= 15 is 0 Å². The molecule has 0 unspecified atom stereocenters. The molecule has 0 bridgehead atoms. The zero-order valence-corrected chi connectivity index (χ0v) is 22.4. The maximum atomic E-state index is 12.7. The van der Waals surface area contributed by atoms with Crippen LogP contribution in [0.15, 0.2) is 65.3 Å². The molecular formula is C28H28BrN3O4. The topological polar surface area (TPSA) is 81.7 Å². The number of carbonyl (C=O) groups excluding carboxylic acids is 1. The number of nitrogens with one attached hydrogen (secondary N) is 2. The third-order valence-electron chi connectivity index (χ3n) is 6.11. The van der Waals surface area contributed by atoms with Crippen molar-refractivity contribution in [3.05, 3.63) is 82.0 Å². The molecule has 0 saturated heterocycles. The number of anilines is 1. The fourth-order valence-electron chi connectivity index (χ4n) is 3.91. The number of nitrogens with zero attached hydrogens (tertiary/aromatic N) is 1. The second kappa shape index (κ2) is 10.9. The molecule has 8 heteroatoms. The molecule has 1 atom stereocenters. The molecule has 186 valence electrons. The van der Waals surface area contributed by atoms with Crippen LogP contribution >= 0.6 is 15.9 Å². The van der Waals surface area contributed by atoms with Crippen LogP contribution in [-0.2, 0) is 0 Å². The van der Waals surface area contributed by atoms with E-state index in [1.807, 2.05) is 75.4 Å². The highest BCUT2D eigenvalue weighted by Gasteiger charge is 2.15. The molecule has 0 saturated carbocycles. The van der Waals surface area contributed by atoms with Crippen molar-refractivity contribution in [2.24, 2.45) is 0 Å². The molecule has 0 fully saturated rings. The van der Waals surface area contributed by atoms with Gasteiger partial charge < -0.3 is 24.8 Å². The minimum atomic E-state index is -0.278. The summed E-state index contributed by atoms with van der Waals surface area (Å²) >= 11 is 3.47. The number of aromatic nitrogens is 1. The molecule has 3 aromatic carbocycles. The Hall–Kier alpha value is -3.78. The summed E-state index contributed by atoms with van der Waals surface area (Å²) in [6, 6.07) is 16.6. The molecular weight excluding hydrogens is 522 g/mol. The van der Waals surface area contributed by atoms with Crippen molar-refractivity contribution < 1.29 is 19.0 Å². The number of hydrogen-bond acceptors (Lipinski definition) is 5. The fourth-order valence-corrected chi connectivity index (χ4v) is 4.33. The molecule has 4 aromatic rings. The highest BCUT2D eigenvalue weighted by Crippen LogP contribution is 2.38. The second-order valence-electron chi connectivity index (χ2n) is 8.37. The average molecular weight is 550 g/mol. The molecule has 0 aliphatic heterocycles. The summed E-state index contributed by atoms with van der Waals surface area (Å²) in [5.74, 6) is 2.52. The zero-order chi connectivity index (χ0) is 25.8. The third kappa shape index (κ3) is 5.39. The minimum absolute atomic E-state index is 0.151. The number of ether oxygens (including phenoxy) is 3. The first-order valence-electron chi connectivity index (χ1n) is 11.4. The molecule has 0 aliphatic carbocycles. The maximum Gasteiger partial charge on any atom is 0.319 e. The van der Waals surface area contributed by atoms with E-state index in [-0.39, 0.29) is 12.1 Å². The monoisotopic (exact) mass is 549 g/mol. The Morgan fingerprint density at radius 1 is 0.917 bits per heavy atom. The number of rotatable bonds is 7. The minimum Gasteiger partial charge on any atom is -0.493 e. The van der Waals surface area contributed by atoms with Gasteiger partial charge in [0, 0.05) is 27.8 Å². The quantitative estimate of drug-likeness (QED) is 0.252. The molecule has 4 rings (SSSR count). The Balaban J connectivity index is 1.53. The van der Waals surface area contributed by atoms with Gasteiger partial charge in [0.15, 0.2) is 11.5 Å². The Labute approximate surface area is 218 Å². The highest BCUT2D eigenvalue weighted by atomic mass is 79.9. The molecule has 0 spiro atoms. The van der Waals surface area contributed by atoms with Gasteiger partial charge in [-0.25, -0.2) is 4.79 Å². The number of urea groups is 1. The van der Waals surface area contributed by atoms with Crippen LogP contribution in [0.3, 0.4) is 0 Å². The van der Waals surface area contributed by atoms with Crippen molar-refractivity contribution in [1.29, 1.82) is 0 Å². The lowest BCUT2D eigenvalue weighted by atomic mass is 10.1. The van der Waals surface area contributed by atoms with Crippen LogP contribution < -0.4 is 24.8 Å². The van der Waals surface area contributed by atoms with Gasteiger partial charge in [-0.2, -0.15) is 0 Å². The SMILES string of the molecule is COc1cc2nccc(Oc3ccc(NC(=O)N[C@H](C)c4cccc(Br)c4)c(C)c3C)c2cc1OC. The van der Waals surface area contributed by atoms with Crippen molar-refractivity contribution in [1.82, 2.24) is 10.3 Å². The highest BCUT2D eigenvalue weighted by molar-refractivity contribution is 9.10. The number of pyridine rings is 1. The van der Waals surface area contributed by atoms with E-state index in [4.69, 9.17) is 14.2 Å². The van der Waals surface area contributed by atoms with Crippen molar-refractivity contribution in [3.8, 4) is 23.0 Å². The molecule has 1 heterocycles. The van der Waals surface area contributed by atoms with Crippen LogP contribution in [0, 0.1) is 13.8 Å². The van der Waals surface area contributed by atoms with E-state index in [0.717, 1.165) is 32.1 Å².